The highest BCUT2D eigenvalue weighted by Gasteiger charge is 2.39. The van der Waals surface area contributed by atoms with Crippen molar-refractivity contribution in [3.63, 3.8) is 0 Å². The molecule has 1 aromatic heterocycles. The molecule has 1 N–H and O–H groups in total. The zero-order chi connectivity index (χ0) is 19.5. The normalized spacial score (nSPS) is 21.6. The highest BCUT2D eigenvalue weighted by Crippen LogP contribution is 2.42. The fourth-order valence-electron chi connectivity index (χ4n) is 4.20. The maximum absolute atomic E-state index is 13.1. The van der Waals surface area contributed by atoms with Crippen molar-refractivity contribution in [3.8, 4) is 0 Å². The zero-order valence-electron chi connectivity index (χ0n) is 15.8. The van der Waals surface area contributed by atoms with E-state index in [0.717, 1.165) is 17.9 Å². The lowest BCUT2D eigenvalue weighted by Crippen LogP contribution is -2.32. The Morgan fingerprint density at radius 3 is 2.50 bits per heavy atom. The number of carbonyl (C=O) groups excluding carboxylic acids is 1. The SMILES string of the molecule is CCc1ccccc1C1NC(C(=O)c2ccncc2)CC1c1ccc(Cl)cc1. The zero-order valence-corrected chi connectivity index (χ0v) is 16.6. The molecule has 3 unspecified atom stereocenters. The van der Waals surface area contributed by atoms with Crippen LogP contribution in [0.2, 0.25) is 5.02 Å². The van der Waals surface area contributed by atoms with Crippen molar-refractivity contribution in [1.82, 2.24) is 10.3 Å². The number of rotatable bonds is 5. The van der Waals surface area contributed by atoms with Crippen LogP contribution in [0.25, 0.3) is 0 Å². The van der Waals surface area contributed by atoms with Gasteiger partial charge in [0.1, 0.15) is 0 Å². The van der Waals surface area contributed by atoms with Gasteiger partial charge in [-0.2, -0.15) is 0 Å². The lowest BCUT2D eigenvalue weighted by Gasteiger charge is -2.23. The number of Topliss-reactive ketones (excluding diaryl/α,β-unsaturated/α-hetero) is 1. The summed E-state index contributed by atoms with van der Waals surface area (Å²) < 4.78 is 0. The van der Waals surface area contributed by atoms with Gasteiger partial charge in [0.2, 0.25) is 0 Å². The first kappa shape index (κ1) is 18.9. The molecule has 0 radical (unpaired) electrons. The molecule has 1 aliphatic rings. The number of nitrogens with zero attached hydrogens (tertiary/aromatic N) is 1. The number of aryl methyl sites for hydroxylation is 1. The Morgan fingerprint density at radius 1 is 1.07 bits per heavy atom. The van der Waals surface area contributed by atoms with Gasteiger partial charge < -0.3 is 0 Å². The second-order valence-corrected chi connectivity index (χ2v) is 7.68. The van der Waals surface area contributed by atoms with E-state index in [4.69, 9.17) is 11.6 Å². The van der Waals surface area contributed by atoms with Gasteiger partial charge >= 0.3 is 0 Å². The lowest BCUT2D eigenvalue weighted by molar-refractivity contribution is 0.0949. The van der Waals surface area contributed by atoms with E-state index >= 15 is 0 Å². The topological polar surface area (TPSA) is 42.0 Å². The fourth-order valence-corrected chi connectivity index (χ4v) is 4.32. The Morgan fingerprint density at radius 2 is 1.79 bits per heavy atom. The van der Waals surface area contributed by atoms with E-state index < -0.39 is 0 Å². The Hall–Kier alpha value is -2.49. The molecule has 0 amide bonds. The van der Waals surface area contributed by atoms with Crippen LogP contribution >= 0.6 is 11.6 Å². The van der Waals surface area contributed by atoms with E-state index in [2.05, 4.69) is 53.6 Å². The van der Waals surface area contributed by atoms with Gasteiger partial charge in [0.05, 0.1) is 6.04 Å². The first-order valence-corrected chi connectivity index (χ1v) is 10.1. The van der Waals surface area contributed by atoms with Crippen molar-refractivity contribution in [1.29, 1.82) is 0 Å². The molecular formula is C24H23ClN2O. The number of nitrogens with one attached hydrogen (secondary N) is 1. The largest absolute Gasteiger partial charge is 0.300 e. The molecule has 1 saturated heterocycles. The predicted molar refractivity (Wildman–Crippen MR) is 113 cm³/mol. The van der Waals surface area contributed by atoms with E-state index in [9.17, 15) is 4.79 Å². The average Bonchev–Trinajstić information content (AvgIpc) is 3.19. The van der Waals surface area contributed by atoms with E-state index in [1.54, 1.807) is 24.5 Å². The number of pyridine rings is 1. The summed E-state index contributed by atoms with van der Waals surface area (Å²) >= 11 is 6.10. The van der Waals surface area contributed by atoms with E-state index in [1.165, 1.54) is 16.7 Å². The smallest absolute Gasteiger partial charge is 0.179 e. The van der Waals surface area contributed by atoms with Gasteiger partial charge in [0, 0.05) is 34.9 Å². The summed E-state index contributed by atoms with van der Waals surface area (Å²) in [6.07, 6.45) is 5.06. The van der Waals surface area contributed by atoms with Crippen LogP contribution in [0, 0.1) is 0 Å². The van der Waals surface area contributed by atoms with E-state index in [1.807, 2.05) is 12.1 Å². The highest BCUT2D eigenvalue weighted by molar-refractivity contribution is 6.30. The Bertz CT molecular complexity index is 956. The van der Waals surface area contributed by atoms with Crippen molar-refractivity contribution in [2.75, 3.05) is 0 Å². The lowest BCUT2D eigenvalue weighted by atomic mass is 9.84. The molecule has 3 aromatic rings. The van der Waals surface area contributed by atoms with Gasteiger partial charge in [0.25, 0.3) is 0 Å². The van der Waals surface area contributed by atoms with Crippen LogP contribution in [-0.2, 0) is 6.42 Å². The summed E-state index contributed by atoms with van der Waals surface area (Å²) in [6, 6.07) is 20.0. The molecule has 1 aliphatic heterocycles. The van der Waals surface area contributed by atoms with E-state index in [-0.39, 0.29) is 23.8 Å². The molecule has 142 valence electrons. The Labute approximate surface area is 170 Å². The van der Waals surface area contributed by atoms with Crippen LogP contribution in [0.15, 0.2) is 73.1 Å². The fraction of sp³-hybridized carbons (Fsp3) is 0.250. The summed E-state index contributed by atoms with van der Waals surface area (Å²) in [5.74, 6) is 0.332. The third-order valence-electron chi connectivity index (χ3n) is 5.62. The van der Waals surface area contributed by atoms with Crippen LogP contribution < -0.4 is 5.32 Å². The summed E-state index contributed by atoms with van der Waals surface area (Å²) in [7, 11) is 0. The van der Waals surface area contributed by atoms with Crippen LogP contribution in [-0.4, -0.2) is 16.8 Å². The molecule has 4 heteroatoms. The molecule has 3 atom stereocenters. The van der Waals surface area contributed by atoms with Crippen LogP contribution in [0.4, 0.5) is 0 Å². The minimum atomic E-state index is -0.224. The first-order valence-electron chi connectivity index (χ1n) is 9.71. The quantitative estimate of drug-likeness (QED) is 0.595. The molecule has 0 aliphatic carbocycles. The third kappa shape index (κ3) is 3.73. The average molecular weight is 391 g/mol. The number of carbonyl (C=O) groups is 1. The third-order valence-corrected chi connectivity index (χ3v) is 5.88. The van der Waals surface area contributed by atoms with Crippen molar-refractivity contribution >= 4 is 17.4 Å². The second kappa shape index (κ2) is 8.26. The van der Waals surface area contributed by atoms with Crippen LogP contribution in [0.1, 0.15) is 52.4 Å². The van der Waals surface area contributed by atoms with Gasteiger partial charge in [-0.25, -0.2) is 0 Å². The Kier molecular flexibility index (Phi) is 5.56. The highest BCUT2D eigenvalue weighted by atomic mass is 35.5. The number of aromatic nitrogens is 1. The van der Waals surface area contributed by atoms with Crippen molar-refractivity contribution in [3.05, 3.63) is 100 Å². The first-order chi connectivity index (χ1) is 13.7. The number of halogens is 1. The number of hydrogen-bond acceptors (Lipinski definition) is 3. The molecular weight excluding hydrogens is 368 g/mol. The van der Waals surface area contributed by atoms with E-state index in [0.29, 0.717) is 5.56 Å². The number of hydrogen-bond donors (Lipinski definition) is 1. The molecule has 1 fully saturated rings. The molecule has 0 spiro atoms. The summed E-state index contributed by atoms with van der Waals surface area (Å²) in [5, 5.41) is 4.37. The van der Waals surface area contributed by atoms with Crippen molar-refractivity contribution in [2.24, 2.45) is 0 Å². The molecule has 4 rings (SSSR count). The summed E-state index contributed by atoms with van der Waals surface area (Å²) in [4.78, 5) is 17.1. The molecule has 0 bridgehead atoms. The Balaban J connectivity index is 1.71. The number of ketones is 1. The molecule has 2 heterocycles. The number of benzene rings is 2. The van der Waals surface area contributed by atoms with Gasteiger partial charge in [0.15, 0.2) is 5.78 Å². The monoisotopic (exact) mass is 390 g/mol. The predicted octanol–water partition coefficient (Wildman–Crippen LogP) is 5.37. The van der Waals surface area contributed by atoms with Gasteiger partial charge in [-0.05, 0) is 53.8 Å². The molecule has 3 nitrogen and oxygen atoms in total. The minimum absolute atomic E-state index is 0.0908. The maximum Gasteiger partial charge on any atom is 0.179 e. The van der Waals surface area contributed by atoms with Crippen molar-refractivity contribution in [2.45, 2.75) is 37.8 Å². The maximum atomic E-state index is 13.1. The molecule has 28 heavy (non-hydrogen) atoms. The van der Waals surface area contributed by atoms with Gasteiger partial charge in [-0.3, -0.25) is 15.1 Å². The van der Waals surface area contributed by atoms with Gasteiger partial charge in [-0.1, -0.05) is 54.9 Å². The van der Waals surface area contributed by atoms with Crippen LogP contribution in [0.3, 0.4) is 0 Å². The second-order valence-electron chi connectivity index (χ2n) is 7.24. The van der Waals surface area contributed by atoms with Crippen molar-refractivity contribution < 1.29 is 4.79 Å². The van der Waals surface area contributed by atoms with Gasteiger partial charge in [-0.15, -0.1) is 0 Å². The minimum Gasteiger partial charge on any atom is -0.300 e. The molecule has 0 saturated carbocycles. The van der Waals surface area contributed by atoms with Crippen LogP contribution in [0.5, 0.6) is 0 Å². The summed E-state index contributed by atoms with van der Waals surface area (Å²) in [5.41, 5.74) is 4.50. The standard InChI is InChI=1S/C24H23ClN2O/c1-2-16-5-3-4-6-20(16)23-21(17-7-9-19(25)10-8-17)15-22(27-23)24(28)18-11-13-26-14-12-18/h3-14,21-23,27H,2,15H2,1H3. The summed E-state index contributed by atoms with van der Waals surface area (Å²) in [6.45, 7) is 2.17. The molecule has 2 aromatic carbocycles.